The van der Waals surface area contributed by atoms with Crippen molar-refractivity contribution in [2.24, 2.45) is 0 Å². The summed E-state index contributed by atoms with van der Waals surface area (Å²) in [6, 6.07) is 47.2. The predicted molar refractivity (Wildman–Crippen MR) is 156 cm³/mol. The smallest absolute Gasteiger partial charge is 0.143 e. The third-order valence-corrected chi connectivity index (χ3v) is 7.14. The molecule has 176 valence electrons. The summed E-state index contributed by atoms with van der Waals surface area (Å²) < 4.78 is 6.37. The van der Waals surface area contributed by atoms with Crippen molar-refractivity contribution in [3.63, 3.8) is 0 Å². The van der Waals surface area contributed by atoms with E-state index >= 15 is 0 Å². The second-order valence-corrected chi connectivity index (χ2v) is 9.50. The molecule has 0 unspecified atom stereocenters. The molecule has 0 aliphatic carbocycles. The minimum absolute atomic E-state index is 0.919. The Morgan fingerprint density at radius 1 is 0.459 bits per heavy atom. The maximum Gasteiger partial charge on any atom is 0.143 e. The highest BCUT2D eigenvalue weighted by Gasteiger charge is 2.18. The van der Waals surface area contributed by atoms with Crippen LogP contribution in [0.4, 0.5) is 17.1 Å². The molecule has 6 aromatic carbocycles. The van der Waals surface area contributed by atoms with E-state index in [1.165, 1.54) is 16.7 Å². The quantitative estimate of drug-likeness (QED) is 0.252. The fourth-order valence-corrected chi connectivity index (χ4v) is 5.27. The maximum absolute atomic E-state index is 6.37. The van der Waals surface area contributed by atoms with Crippen LogP contribution in [0, 0.1) is 6.92 Å². The molecule has 0 saturated heterocycles. The van der Waals surface area contributed by atoms with Crippen LogP contribution in [-0.4, -0.2) is 0 Å². The molecule has 7 aromatic rings. The third-order valence-electron chi connectivity index (χ3n) is 7.14. The van der Waals surface area contributed by atoms with Gasteiger partial charge in [-0.1, -0.05) is 96.6 Å². The van der Waals surface area contributed by atoms with Crippen molar-refractivity contribution in [1.82, 2.24) is 0 Å². The number of benzene rings is 6. The predicted octanol–water partition coefficient (Wildman–Crippen LogP) is 10.2. The van der Waals surface area contributed by atoms with Crippen molar-refractivity contribution in [3.05, 3.63) is 139 Å². The second kappa shape index (κ2) is 8.69. The molecule has 1 heterocycles. The molecule has 0 saturated carbocycles. The molecule has 0 radical (unpaired) electrons. The first-order chi connectivity index (χ1) is 18.3. The highest BCUT2D eigenvalue weighted by molar-refractivity contribution is 6.17. The van der Waals surface area contributed by atoms with Crippen LogP contribution in [0.2, 0.25) is 0 Å². The Morgan fingerprint density at radius 2 is 1.05 bits per heavy atom. The summed E-state index contributed by atoms with van der Waals surface area (Å²) in [7, 11) is 0. The maximum atomic E-state index is 6.37. The van der Waals surface area contributed by atoms with Crippen LogP contribution in [-0.2, 0) is 0 Å². The van der Waals surface area contributed by atoms with Crippen molar-refractivity contribution >= 4 is 49.8 Å². The number of hydrogen-bond donors (Lipinski definition) is 0. The van der Waals surface area contributed by atoms with Crippen LogP contribution in [0.1, 0.15) is 5.56 Å². The van der Waals surface area contributed by atoms with Gasteiger partial charge in [0, 0.05) is 32.9 Å². The lowest BCUT2D eigenvalue weighted by Crippen LogP contribution is -2.10. The van der Waals surface area contributed by atoms with Gasteiger partial charge in [0.2, 0.25) is 0 Å². The summed E-state index contributed by atoms with van der Waals surface area (Å²) in [5.74, 6) is 0. The van der Waals surface area contributed by atoms with Gasteiger partial charge in [-0.15, -0.1) is 0 Å². The molecule has 0 spiro atoms. The molecule has 0 amide bonds. The average molecular weight is 476 g/mol. The monoisotopic (exact) mass is 475 g/mol. The topological polar surface area (TPSA) is 16.4 Å². The van der Waals surface area contributed by atoms with Crippen LogP contribution < -0.4 is 4.90 Å². The molecule has 0 atom stereocenters. The second-order valence-electron chi connectivity index (χ2n) is 9.50. The SMILES string of the molecule is Cc1ccc(N(c2ccc(-c3ccccc3)cc2)c2cccc3c2ccc2c4ccccc4oc32)cc1. The molecular weight excluding hydrogens is 450 g/mol. The summed E-state index contributed by atoms with van der Waals surface area (Å²) >= 11 is 0. The largest absolute Gasteiger partial charge is 0.455 e. The number of anilines is 3. The minimum Gasteiger partial charge on any atom is -0.455 e. The number of nitrogens with zero attached hydrogens (tertiary/aromatic N) is 1. The number of aryl methyl sites for hydroxylation is 1. The molecule has 0 fully saturated rings. The van der Waals surface area contributed by atoms with Gasteiger partial charge in [-0.3, -0.25) is 0 Å². The van der Waals surface area contributed by atoms with Crippen molar-refractivity contribution in [2.45, 2.75) is 6.92 Å². The Kier molecular flexibility index (Phi) is 5.04. The summed E-state index contributed by atoms with van der Waals surface area (Å²) in [6.45, 7) is 2.12. The van der Waals surface area contributed by atoms with Crippen LogP contribution in [0.15, 0.2) is 138 Å². The summed E-state index contributed by atoms with van der Waals surface area (Å²) in [5.41, 5.74) is 8.87. The van der Waals surface area contributed by atoms with E-state index in [9.17, 15) is 0 Å². The van der Waals surface area contributed by atoms with E-state index in [-0.39, 0.29) is 0 Å². The van der Waals surface area contributed by atoms with Crippen molar-refractivity contribution in [1.29, 1.82) is 0 Å². The van der Waals surface area contributed by atoms with E-state index < -0.39 is 0 Å². The fourth-order valence-electron chi connectivity index (χ4n) is 5.27. The minimum atomic E-state index is 0.919. The first-order valence-corrected chi connectivity index (χ1v) is 12.6. The number of para-hydroxylation sites is 1. The van der Waals surface area contributed by atoms with Gasteiger partial charge in [0.1, 0.15) is 11.2 Å². The van der Waals surface area contributed by atoms with Crippen molar-refractivity contribution in [3.8, 4) is 11.1 Å². The Balaban J connectivity index is 1.44. The van der Waals surface area contributed by atoms with Crippen LogP contribution >= 0.6 is 0 Å². The lowest BCUT2D eigenvalue weighted by molar-refractivity contribution is 0.672. The van der Waals surface area contributed by atoms with E-state index in [2.05, 4.69) is 133 Å². The van der Waals surface area contributed by atoms with Gasteiger partial charge >= 0.3 is 0 Å². The third kappa shape index (κ3) is 3.66. The van der Waals surface area contributed by atoms with Crippen molar-refractivity contribution < 1.29 is 4.42 Å². The zero-order valence-corrected chi connectivity index (χ0v) is 20.6. The molecular formula is C35H25NO. The lowest BCUT2D eigenvalue weighted by Gasteiger charge is -2.27. The Labute approximate surface area is 216 Å². The molecule has 0 aliphatic rings. The fraction of sp³-hybridized carbons (Fsp3) is 0.0286. The normalized spacial score (nSPS) is 11.4. The number of hydrogen-bond acceptors (Lipinski definition) is 2. The first kappa shape index (κ1) is 21.5. The van der Waals surface area contributed by atoms with Crippen LogP contribution in [0.25, 0.3) is 43.8 Å². The van der Waals surface area contributed by atoms with Crippen LogP contribution in [0.5, 0.6) is 0 Å². The van der Waals surface area contributed by atoms with E-state index in [4.69, 9.17) is 4.42 Å². The van der Waals surface area contributed by atoms with Gasteiger partial charge in [0.25, 0.3) is 0 Å². The molecule has 0 N–H and O–H groups in total. The Hall–Kier alpha value is -4.82. The molecule has 1 aromatic heterocycles. The summed E-state index contributed by atoms with van der Waals surface area (Å²) in [5, 5.41) is 4.57. The van der Waals surface area contributed by atoms with Gasteiger partial charge < -0.3 is 9.32 Å². The zero-order chi connectivity index (χ0) is 24.8. The van der Waals surface area contributed by atoms with Gasteiger partial charge in [-0.2, -0.15) is 0 Å². The van der Waals surface area contributed by atoms with E-state index in [0.717, 1.165) is 49.8 Å². The Morgan fingerprint density at radius 3 is 1.84 bits per heavy atom. The van der Waals surface area contributed by atoms with E-state index in [1.54, 1.807) is 0 Å². The molecule has 2 nitrogen and oxygen atoms in total. The van der Waals surface area contributed by atoms with Gasteiger partial charge in [0.05, 0.1) is 5.69 Å². The number of fused-ring (bicyclic) bond motifs is 5. The number of furan rings is 1. The zero-order valence-electron chi connectivity index (χ0n) is 20.6. The molecule has 0 bridgehead atoms. The summed E-state index contributed by atoms with van der Waals surface area (Å²) in [6.07, 6.45) is 0. The molecule has 7 rings (SSSR count). The van der Waals surface area contributed by atoms with Gasteiger partial charge in [-0.25, -0.2) is 0 Å². The highest BCUT2D eigenvalue weighted by atomic mass is 16.3. The number of rotatable bonds is 4. The summed E-state index contributed by atoms with van der Waals surface area (Å²) in [4.78, 5) is 2.34. The molecule has 2 heteroatoms. The van der Waals surface area contributed by atoms with E-state index in [1.807, 2.05) is 12.1 Å². The van der Waals surface area contributed by atoms with Gasteiger partial charge in [-0.05, 0) is 60.5 Å². The molecule has 37 heavy (non-hydrogen) atoms. The van der Waals surface area contributed by atoms with Gasteiger partial charge in [0.15, 0.2) is 0 Å². The molecule has 0 aliphatic heterocycles. The van der Waals surface area contributed by atoms with E-state index in [0.29, 0.717) is 0 Å². The lowest BCUT2D eigenvalue weighted by atomic mass is 10.0. The highest BCUT2D eigenvalue weighted by Crippen LogP contribution is 2.42. The standard InChI is InChI=1S/C35H25NO/c1-24-14-18-27(19-15-24)36(28-20-16-26(17-21-28)25-8-3-2-4-9-25)33-12-7-11-31-29(33)22-23-32-30-10-5-6-13-34(30)37-35(31)32/h2-23H,1H3. The first-order valence-electron chi connectivity index (χ1n) is 12.6. The van der Waals surface area contributed by atoms with Crippen molar-refractivity contribution in [2.75, 3.05) is 4.90 Å². The van der Waals surface area contributed by atoms with Crippen LogP contribution in [0.3, 0.4) is 0 Å². The Bertz CT molecular complexity index is 1860. The average Bonchev–Trinajstić information content (AvgIpc) is 3.35.